The summed E-state index contributed by atoms with van der Waals surface area (Å²) >= 11 is 5.72. The first-order valence-corrected chi connectivity index (χ1v) is 7.71. The number of carbonyl (C=O) groups excluding carboxylic acids is 1. The third-order valence-corrected chi connectivity index (χ3v) is 4.13. The van der Waals surface area contributed by atoms with Crippen LogP contribution in [0.1, 0.15) is 16.8 Å². The number of carbonyl (C=O) groups is 1. The number of hydrogen-bond acceptors (Lipinski definition) is 5. The average molecular weight is 329 g/mol. The minimum absolute atomic E-state index is 0.249. The molecule has 1 aliphatic rings. The van der Waals surface area contributed by atoms with Crippen LogP contribution < -0.4 is 0 Å². The van der Waals surface area contributed by atoms with Gasteiger partial charge in [-0.3, -0.25) is 0 Å². The van der Waals surface area contributed by atoms with E-state index >= 15 is 0 Å². The third-order valence-electron chi connectivity index (χ3n) is 2.39. The third kappa shape index (κ3) is 3.00. The van der Waals surface area contributed by atoms with E-state index < -0.39 is 36.5 Å². The Labute approximate surface area is 117 Å². The van der Waals surface area contributed by atoms with E-state index in [4.69, 9.17) is 31.8 Å². The fourth-order valence-corrected chi connectivity index (χ4v) is 2.86. The Kier molecular flexibility index (Phi) is 3.74. The fraction of sp³-hybridized carbons (Fsp3) is 0.300. The fourth-order valence-electron chi connectivity index (χ4n) is 1.45. The number of halogens is 3. The summed E-state index contributed by atoms with van der Waals surface area (Å²) < 4.78 is 45.6. The molecule has 9 heteroatoms. The second-order valence-electron chi connectivity index (χ2n) is 3.70. The van der Waals surface area contributed by atoms with Gasteiger partial charge in [0, 0.05) is 10.7 Å². The Bertz CT molecular complexity index is 627. The molecule has 19 heavy (non-hydrogen) atoms. The Hall–Kier alpha value is -0.890. The van der Waals surface area contributed by atoms with E-state index in [1.165, 1.54) is 0 Å². The van der Waals surface area contributed by atoms with Crippen molar-refractivity contribution in [3.63, 3.8) is 0 Å². The first-order chi connectivity index (χ1) is 8.73. The molecule has 5 nitrogen and oxygen atoms in total. The molecule has 0 N–H and O–H groups in total. The Morgan fingerprint density at radius 2 is 2.11 bits per heavy atom. The molecular weight excluding hydrogens is 322 g/mol. The van der Waals surface area contributed by atoms with Crippen LogP contribution in [0.25, 0.3) is 0 Å². The van der Waals surface area contributed by atoms with E-state index in [2.05, 4.69) is 0 Å². The molecule has 0 aromatic heterocycles. The molecule has 1 aromatic rings. The zero-order chi connectivity index (χ0) is 14.3. The minimum atomic E-state index is -4.44. The molecule has 0 amide bonds. The van der Waals surface area contributed by atoms with Gasteiger partial charge in [-0.25, -0.2) is 17.6 Å². The molecule has 1 aromatic carbocycles. The van der Waals surface area contributed by atoms with Crippen LogP contribution in [0.3, 0.4) is 0 Å². The van der Waals surface area contributed by atoms with Gasteiger partial charge in [-0.05, 0) is 23.7 Å². The number of alkyl halides is 1. The number of rotatable bonds is 3. The lowest BCUT2D eigenvalue weighted by atomic mass is 10.2. The number of hydrogen-bond donors (Lipinski definition) is 0. The maximum absolute atomic E-state index is 13.5. The standard InChI is InChI=1S/C10H7Cl2FO5S/c11-10(4-5-17-10)18-9(14)6-2-1-3-7(13)8(6)19(12,15)16/h1-3H,4-5H2. The number of benzene rings is 1. The lowest BCUT2D eigenvalue weighted by molar-refractivity contribution is -0.220. The van der Waals surface area contributed by atoms with Crippen molar-refractivity contribution >= 4 is 37.3 Å². The predicted octanol–water partition coefficient (Wildman–Crippen LogP) is 2.22. The highest BCUT2D eigenvalue weighted by atomic mass is 35.7. The second-order valence-corrected chi connectivity index (χ2v) is 6.78. The van der Waals surface area contributed by atoms with Crippen molar-refractivity contribution in [2.24, 2.45) is 0 Å². The van der Waals surface area contributed by atoms with Crippen molar-refractivity contribution in [3.05, 3.63) is 29.6 Å². The smallest absolute Gasteiger partial charge is 0.343 e. The molecule has 0 spiro atoms. The summed E-state index contributed by atoms with van der Waals surface area (Å²) in [5.41, 5.74) is -0.537. The molecule has 1 aliphatic heterocycles. The van der Waals surface area contributed by atoms with Crippen LogP contribution in [0.5, 0.6) is 0 Å². The van der Waals surface area contributed by atoms with Crippen LogP contribution in [-0.4, -0.2) is 26.2 Å². The summed E-state index contributed by atoms with van der Waals surface area (Å²) in [6.45, 7) is 0.306. The molecule has 0 saturated carbocycles. The van der Waals surface area contributed by atoms with Gasteiger partial charge >= 0.3 is 5.97 Å². The van der Waals surface area contributed by atoms with Gasteiger partial charge in [-0.2, -0.15) is 0 Å². The highest BCUT2D eigenvalue weighted by molar-refractivity contribution is 8.13. The first kappa shape index (κ1) is 14.5. The average Bonchev–Trinajstić information content (AvgIpc) is 2.24. The van der Waals surface area contributed by atoms with Crippen LogP contribution in [0.2, 0.25) is 0 Å². The van der Waals surface area contributed by atoms with Crippen LogP contribution >= 0.6 is 22.3 Å². The maximum Gasteiger partial charge on any atom is 0.343 e. The Morgan fingerprint density at radius 3 is 2.58 bits per heavy atom. The molecule has 104 valence electrons. The Morgan fingerprint density at radius 1 is 1.47 bits per heavy atom. The minimum Gasteiger partial charge on any atom is -0.414 e. The topological polar surface area (TPSA) is 69.7 Å². The van der Waals surface area contributed by atoms with Crippen molar-refractivity contribution in [2.75, 3.05) is 6.61 Å². The van der Waals surface area contributed by atoms with Crippen LogP contribution in [-0.2, 0) is 18.5 Å². The number of ether oxygens (including phenoxy) is 2. The normalized spacial score (nSPS) is 22.7. The zero-order valence-electron chi connectivity index (χ0n) is 9.23. The molecule has 0 bridgehead atoms. The van der Waals surface area contributed by atoms with E-state index in [0.29, 0.717) is 6.61 Å². The molecule has 1 heterocycles. The molecule has 2 rings (SSSR count). The number of esters is 1. The summed E-state index contributed by atoms with van der Waals surface area (Å²) in [6.07, 6.45) is 0.249. The molecule has 1 saturated heterocycles. The van der Waals surface area contributed by atoms with Gasteiger partial charge in [0.25, 0.3) is 14.3 Å². The van der Waals surface area contributed by atoms with Crippen molar-refractivity contribution in [1.29, 1.82) is 0 Å². The highest BCUT2D eigenvalue weighted by Crippen LogP contribution is 2.34. The largest absolute Gasteiger partial charge is 0.414 e. The quantitative estimate of drug-likeness (QED) is 0.483. The van der Waals surface area contributed by atoms with Gasteiger partial charge < -0.3 is 9.47 Å². The van der Waals surface area contributed by atoms with Gasteiger partial charge in [0.1, 0.15) is 10.7 Å². The molecule has 0 radical (unpaired) electrons. The maximum atomic E-state index is 13.5. The monoisotopic (exact) mass is 328 g/mol. The summed E-state index contributed by atoms with van der Waals surface area (Å²) in [5.74, 6) is -2.28. The molecular formula is C10H7Cl2FO5S. The Balaban J connectivity index is 2.40. The molecule has 1 atom stereocenters. The van der Waals surface area contributed by atoms with Crippen LogP contribution in [0.15, 0.2) is 23.1 Å². The van der Waals surface area contributed by atoms with E-state index in [9.17, 15) is 17.6 Å². The van der Waals surface area contributed by atoms with Crippen LogP contribution in [0, 0.1) is 5.82 Å². The van der Waals surface area contributed by atoms with Crippen molar-refractivity contribution in [1.82, 2.24) is 0 Å². The lowest BCUT2D eigenvalue weighted by Crippen LogP contribution is -2.42. The first-order valence-electron chi connectivity index (χ1n) is 5.02. The molecule has 1 fully saturated rings. The van der Waals surface area contributed by atoms with E-state index in [1.807, 2.05) is 0 Å². The zero-order valence-corrected chi connectivity index (χ0v) is 11.6. The summed E-state index contributed by atoms with van der Waals surface area (Å²) in [6, 6.07) is 3.09. The molecule has 0 aliphatic carbocycles. The van der Waals surface area contributed by atoms with E-state index in [1.54, 1.807) is 0 Å². The molecule has 1 unspecified atom stereocenters. The van der Waals surface area contributed by atoms with Gasteiger partial charge in [0.2, 0.25) is 0 Å². The lowest BCUT2D eigenvalue weighted by Gasteiger charge is -2.34. The second kappa shape index (κ2) is 4.90. The van der Waals surface area contributed by atoms with Gasteiger partial charge in [-0.1, -0.05) is 6.07 Å². The van der Waals surface area contributed by atoms with Gasteiger partial charge in [-0.15, -0.1) is 0 Å². The SMILES string of the molecule is O=C(OC1(Cl)CCO1)c1cccc(F)c1S(=O)(=O)Cl. The van der Waals surface area contributed by atoms with Crippen molar-refractivity contribution in [3.8, 4) is 0 Å². The van der Waals surface area contributed by atoms with E-state index in [-0.39, 0.29) is 6.42 Å². The van der Waals surface area contributed by atoms with E-state index in [0.717, 1.165) is 18.2 Å². The van der Waals surface area contributed by atoms with Crippen molar-refractivity contribution < 1.29 is 27.1 Å². The van der Waals surface area contributed by atoms with Gasteiger partial charge in [0.05, 0.1) is 18.6 Å². The highest BCUT2D eigenvalue weighted by Gasteiger charge is 2.41. The summed E-state index contributed by atoms with van der Waals surface area (Å²) in [4.78, 5) is 10.9. The predicted molar refractivity (Wildman–Crippen MR) is 64.0 cm³/mol. The van der Waals surface area contributed by atoms with Gasteiger partial charge in [0.15, 0.2) is 0 Å². The van der Waals surface area contributed by atoms with Crippen LogP contribution in [0.4, 0.5) is 4.39 Å². The summed E-state index contributed by atoms with van der Waals surface area (Å²) in [5, 5.41) is -1.63. The summed E-state index contributed by atoms with van der Waals surface area (Å²) in [7, 11) is 0.651. The van der Waals surface area contributed by atoms with Crippen molar-refractivity contribution in [2.45, 2.75) is 16.6 Å².